The van der Waals surface area contributed by atoms with Crippen molar-refractivity contribution >= 4 is 5.91 Å². The number of β-amino-alcohol motifs (C(OH)–C–C–N with tert-alkyl or cyclic N) is 1. The molecule has 19 heavy (non-hydrogen) atoms. The number of hydrogen-bond acceptors (Lipinski definition) is 3. The summed E-state index contributed by atoms with van der Waals surface area (Å²) in [6.07, 6.45) is 0.504. The molecule has 1 N–H and O–H groups in total. The fraction of sp³-hybridized carbons (Fsp3) is 0.462. The summed E-state index contributed by atoms with van der Waals surface area (Å²) in [5.41, 5.74) is -0.878. The third kappa shape index (κ3) is 3.41. The summed E-state index contributed by atoms with van der Waals surface area (Å²) in [5.74, 6) is -2.05. The van der Waals surface area contributed by atoms with E-state index in [0.717, 1.165) is 12.1 Å². The maximum Gasteiger partial charge on any atom is 0.260 e. The molecule has 1 aliphatic heterocycles. The molecule has 1 aromatic rings. The van der Waals surface area contributed by atoms with Gasteiger partial charge in [-0.15, -0.1) is 0 Å². The van der Waals surface area contributed by atoms with E-state index in [1.54, 1.807) is 6.92 Å². The normalized spacial score (nSPS) is 22.6. The number of hydrogen-bond donors (Lipinski definition) is 1. The van der Waals surface area contributed by atoms with Crippen molar-refractivity contribution in [1.82, 2.24) is 4.90 Å². The molecule has 0 saturated carbocycles. The van der Waals surface area contributed by atoms with Crippen molar-refractivity contribution in [3.8, 4) is 5.75 Å². The van der Waals surface area contributed by atoms with Crippen LogP contribution in [0.2, 0.25) is 0 Å². The molecule has 6 heteroatoms. The average molecular weight is 271 g/mol. The molecule has 1 fully saturated rings. The molecule has 1 atom stereocenters. The molecule has 1 aliphatic rings. The average Bonchev–Trinajstić information content (AvgIpc) is 2.68. The minimum absolute atomic E-state index is 0.166. The smallest absolute Gasteiger partial charge is 0.260 e. The van der Waals surface area contributed by atoms with Gasteiger partial charge < -0.3 is 14.7 Å². The third-order valence-electron chi connectivity index (χ3n) is 3.05. The second kappa shape index (κ2) is 5.13. The zero-order valence-electron chi connectivity index (χ0n) is 10.5. The summed E-state index contributed by atoms with van der Waals surface area (Å²) in [5, 5.41) is 9.74. The van der Waals surface area contributed by atoms with Crippen LogP contribution in [-0.2, 0) is 4.79 Å². The van der Waals surface area contributed by atoms with Gasteiger partial charge in [0.15, 0.2) is 18.2 Å². The highest BCUT2D eigenvalue weighted by molar-refractivity contribution is 5.78. The molecule has 1 amide bonds. The van der Waals surface area contributed by atoms with Gasteiger partial charge in [0.1, 0.15) is 5.82 Å². The Labute approximate surface area is 109 Å². The van der Waals surface area contributed by atoms with Crippen LogP contribution < -0.4 is 4.74 Å². The third-order valence-corrected chi connectivity index (χ3v) is 3.05. The topological polar surface area (TPSA) is 49.8 Å². The van der Waals surface area contributed by atoms with Crippen molar-refractivity contribution in [2.45, 2.75) is 18.9 Å². The molecular weight excluding hydrogens is 256 g/mol. The molecular formula is C13H15F2NO3. The van der Waals surface area contributed by atoms with Gasteiger partial charge in [0.05, 0.1) is 5.60 Å². The lowest BCUT2D eigenvalue weighted by Gasteiger charge is -2.19. The fourth-order valence-corrected chi connectivity index (χ4v) is 1.98. The molecule has 1 aromatic carbocycles. The SMILES string of the molecule is CC1(O)CCN(C(=O)COc2ccc(F)cc2F)C1. The first-order valence-corrected chi connectivity index (χ1v) is 5.95. The molecule has 0 bridgehead atoms. The highest BCUT2D eigenvalue weighted by Crippen LogP contribution is 2.21. The van der Waals surface area contributed by atoms with Crippen molar-refractivity contribution < 1.29 is 23.4 Å². The van der Waals surface area contributed by atoms with E-state index in [1.807, 2.05) is 0 Å². The first-order chi connectivity index (χ1) is 8.87. The van der Waals surface area contributed by atoms with Crippen LogP contribution in [0.1, 0.15) is 13.3 Å². The quantitative estimate of drug-likeness (QED) is 0.902. The summed E-state index contributed by atoms with van der Waals surface area (Å²) >= 11 is 0. The van der Waals surface area contributed by atoms with E-state index in [0.29, 0.717) is 19.0 Å². The number of halogens is 2. The number of carbonyl (C=O) groups is 1. The van der Waals surface area contributed by atoms with E-state index in [2.05, 4.69) is 0 Å². The molecule has 104 valence electrons. The fourth-order valence-electron chi connectivity index (χ4n) is 1.98. The highest BCUT2D eigenvalue weighted by atomic mass is 19.1. The minimum Gasteiger partial charge on any atom is -0.481 e. The summed E-state index contributed by atoms with van der Waals surface area (Å²) in [6, 6.07) is 2.89. The predicted molar refractivity (Wildman–Crippen MR) is 63.7 cm³/mol. The second-order valence-corrected chi connectivity index (χ2v) is 4.93. The van der Waals surface area contributed by atoms with E-state index >= 15 is 0 Å². The van der Waals surface area contributed by atoms with E-state index in [9.17, 15) is 18.7 Å². The van der Waals surface area contributed by atoms with Gasteiger partial charge in [0.25, 0.3) is 5.91 Å². The van der Waals surface area contributed by atoms with Gasteiger partial charge >= 0.3 is 0 Å². The lowest BCUT2D eigenvalue weighted by Crippen LogP contribution is -2.36. The van der Waals surface area contributed by atoms with Gasteiger partial charge in [-0.1, -0.05) is 0 Å². The number of rotatable bonds is 3. The van der Waals surface area contributed by atoms with Crippen LogP contribution in [0.5, 0.6) is 5.75 Å². The molecule has 2 rings (SSSR count). The lowest BCUT2D eigenvalue weighted by atomic mass is 10.1. The Morgan fingerprint density at radius 2 is 2.26 bits per heavy atom. The van der Waals surface area contributed by atoms with E-state index in [1.165, 1.54) is 4.90 Å². The Morgan fingerprint density at radius 1 is 1.53 bits per heavy atom. The zero-order valence-corrected chi connectivity index (χ0v) is 10.5. The van der Waals surface area contributed by atoms with Crippen molar-refractivity contribution in [1.29, 1.82) is 0 Å². The summed E-state index contributed by atoms with van der Waals surface area (Å²) < 4.78 is 31.0. The van der Waals surface area contributed by atoms with Crippen LogP contribution >= 0.6 is 0 Å². The predicted octanol–water partition coefficient (Wildman–Crippen LogP) is 1.33. The maximum absolute atomic E-state index is 13.3. The largest absolute Gasteiger partial charge is 0.481 e. The summed E-state index contributed by atoms with van der Waals surface area (Å²) in [7, 11) is 0. The molecule has 1 saturated heterocycles. The van der Waals surface area contributed by atoms with Crippen LogP contribution in [0.3, 0.4) is 0 Å². The van der Waals surface area contributed by atoms with Gasteiger partial charge in [0, 0.05) is 19.2 Å². The first-order valence-electron chi connectivity index (χ1n) is 5.95. The number of aliphatic hydroxyl groups is 1. The monoisotopic (exact) mass is 271 g/mol. The van der Waals surface area contributed by atoms with Gasteiger partial charge in [-0.2, -0.15) is 0 Å². The zero-order chi connectivity index (χ0) is 14.0. The van der Waals surface area contributed by atoms with Gasteiger partial charge in [0.2, 0.25) is 0 Å². The van der Waals surface area contributed by atoms with Crippen LogP contribution in [0, 0.1) is 11.6 Å². The Kier molecular flexibility index (Phi) is 3.71. The molecule has 0 aliphatic carbocycles. The Hall–Kier alpha value is -1.69. The number of benzene rings is 1. The van der Waals surface area contributed by atoms with E-state index < -0.39 is 17.2 Å². The first kappa shape index (κ1) is 13.7. The highest BCUT2D eigenvalue weighted by Gasteiger charge is 2.33. The summed E-state index contributed by atoms with van der Waals surface area (Å²) in [4.78, 5) is 13.2. The molecule has 1 heterocycles. The number of carbonyl (C=O) groups excluding carboxylic acids is 1. The van der Waals surface area contributed by atoms with Crippen LogP contribution in [0.15, 0.2) is 18.2 Å². The van der Waals surface area contributed by atoms with Crippen LogP contribution in [0.4, 0.5) is 8.78 Å². The molecule has 0 aromatic heterocycles. The minimum atomic E-state index is -0.878. The molecule has 1 unspecified atom stereocenters. The molecule has 0 radical (unpaired) electrons. The van der Waals surface area contributed by atoms with Crippen molar-refractivity contribution in [3.05, 3.63) is 29.8 Å². The summed E-state index contributed by atoms with van der Waals surface area (Å²) in [6.45, 7) is 2.00. The maximum atomic E-state index is 13.3. The van der Waals surface area contributed by atoms with Crippen molar-refractivity contribution in [2.24, 2.45) is 0 Å². The number of nitrogens with zero attached hydrogens (tertiary/aromatic N) is 1. The van der Waals surface area contributed by atoms with Gasteiger partial charge in [-0.25, -0.2) is 8.78 Å². The Morgan fingerprint density at radius 3 is 2.84 bits per heavy atom. The second-order valence-electron chi connectivity index (χ2n) is 4.93. The number of amides is 1. The van der Waals surface area contributed by atoms with Crippen LogP contribution in [-0.4, -0.2) is 41.2 Å². The van der Waals surface area contributed by atoms with E-state index in [-0.39, 0.29) is 24.8 Å². The van der Waals surface area contributed by atoms with Crippen molar-refractivity contribution in [3.63, 3.8) is 0 Å². The lowest BCUT2D eigenvalue weighted by molar-refractivity contribution is -0.133. The standard InChI is InChI=1S/C13H15F2NO3/c1-13(18)4-5-16(8-13)12(17)7-19-11-3-2-9(14)6-10(11)15/h2-3,6,18H,4-5,7-8H2,1H3. The van der Waals surface area contributed by atoms with E-state index in [4.69, 9.17) is 4.74 Å². The van der Waals surface area contributed by atoms with Gasteiger partial charge in [-0.3, -0.25) is 4.79 Å². The van der Waals surface area contributed by atoms with Gasteiger partial charge in [-0.05, 0) is 25.5 Å². The van der Waals surface area contributed by atoms with Crippen molar-refractivity contribution in [2.75, 3.05) is 19.7 Å². The number of ether oxygens (including phenoxy) is 1. The molecule has 4 nitrogen and oxygen atoms in total. The molecule has 0 spiro atoms. The number of likely N-dealkylation sites (tertiary alicyclic amines) is 1. The van der Waals surface area contributed by atoms with Crippen LogP contribution in [0.25, 0.3) is 0 Å². The Bertz CT molecular complexity index is 491. The Balaban J connectivity index is 1.90.